The van der Waals surface area contributed by atoms with Gasteiger partial charge in [-0.1, -0.05) is 59.7 Å². The summed E-state index contributed by atoms with van der Waals surface area (Å²) < 4.78 is 5.37. The molecule has 1 aliphatic rings. The third-order valence-electron chi connectivity index (χ3n) is 6.85. The molecule has 0 saturated carbocycles. The van der Waals surface area contributed by atoms with Crippen LogP contribution < -0.4 is 4.74 Å². The van der Waals surface area contributed by atoms with Crippen molar-refractivity contribution >= 4 is 28.4 Å². The zero-order valence-corrected chi connectivity index (χ0v) is 20.5. The van der Waals surface area contributed by atoms with Crippen LogP contribution in [0.15, 0.2) is 78.5 Å². The van der Waals surface area contributed by atoms with Crippen molar-refractivity contribution in [2.75, 3.05) is 13.7 Å². The first-order valence-electron chi connectivity index (χ1n) is 11.9. The summed E-state index contributed by atoms with van der Waals surface area (Å²) in [5, 5.41) is 12.2. The molecule has 1 aromatic heterocycles. The van der Waals surface area contributed by atoms with Crippen LogP contribution in [0.3, 0.4) is 0 Å². The molecule has 1 amide bonds. The van der Waals surface area contributed by atoms with Crippen LogP contribution in [0.4, 0.5) is 0 Å². The minimum atomic E-state index is -0.674. The third kappa shape index (κ3) is 4.15. The molecule has 1 atom stereocenters. The Morgan fingerprint density at radius 1 is 0.972 bits per heavy atom. The summed E-state index contributed by atoms with van der Waals surface area (Å²) in [6, 6.07) is 20.1. The molecule has 2 heterocycles. The number of aryl methyl sites for hydroxylation is 2. The number of aliphatic hydroxyl groups is 1. The number of nitrogens with one attached hydrogen (secondary N) is 1. The maximum Gasteiger partial charge on any atom is 0.295 e. The molecule has 2 N–H and O–H groups in total. The van der Waals surface area contributed by atoms with Gasteiger partial charge in [0.25, 0.3) is 11.7 Å². The highest BCUT2D eigenvalue weighted by atomic mass is 16.5. The second-order valence-corrected chi connectivity index (χ2v) is 9.24. The first-order valence-corrected chi connectivity index (χ1v) is 11.9. The molecule has 0 spiro atoms. The number of amides is 1. The van der Waals surface area contributed by atoms with Crippen molar-refractivity contribution < 1.29 is 19.4 Å². The summed E-state index contributed by atoms with van der Waals surface area (Å²) >= 11 is 0. The molecule has 182 valence electrons. The van der Waals surface area contributed by atoms with Gasteiger partial charge in [0.1, 0.15) is 11.5 Å². The lowest BCUT2D eigenvalue weighted by Crippen LogP contribution is -2.31. The first-order chi connectivity index (χ1) is 17.4. The number of aromatic amines is 1. The van der Waals surface area contributed by atoms with Crippen LogP contribution >= 0.6 is 0 Å². The lowest BCUT2D eigenvalue weighted by atomic mass is 9.94. The van der Waals surface area contributed by atoms with E-state index in [1.54, 1.807) is 24.1 Å². The quantitative estimate of drug-likeness (QED) is 0.218. The van der Waals surface area contributed by atoms with Gasteiger partial charge < -0.3 is 19.7 Å². The molecular weight excluding hydrogens is 452 g/mol. The number of likely N-dealkylation sites (tertiary alicyclic amines) is 1. The van der Waals surface area contributed by atoms with Crippen LogP contribution in [-0.4, -0.2) is 40.3 Å². The number of methoxy groups -OCH3 is 1. The molecule has 36 heavy (non-hydrogen) atoms. The van der Waals surface area contributed by atoms with Gasteiger partial charge in [-0.25, -0.2) is 0 Å². The highest BCUT2D eigenvalue weighted by molar-refractivity contribution is 6.46. The Kier molecular flexibility index (Phi) is 6.10. The van der Waals surface area contributed by atoms with E-state index in [1.165, 1.54) is 0 Å². The molecule has 1 saturated heterocycles. The van der Waals surface area contributed by atoms with E-state index in [0.29, 0.717) is 18.5 Å². The van der Waals surface area contributed by atoms with E-state index in [-0.39, 0.29) is 11.3 Å². The van der Waals surface area contributed by atoms with Gasteiger partial charge in [0.15, 0.2) is 0 Å². The summed E-state index contributed by atoms with van der Waals surface area (Å²) in [4.78, 5) is 31.4. The van der Waals surface area contributed by atoms with E-state index >= 15 is 0 Å². The van der Waals surface area contributed by atoms with E-state index in [4.69, 9.17) is 4.74 Å². The highest BCUT2D eigenvalue weighted by Crippen LogP contribution is 2.39. The van der Waals surface area contributed by atoms with Gasteiger partial charge in [-0.05, 0) is 49.6 Å². The van der Waals surface area contributed by atoms with Crippen molar-refractivity contribution in [2.24, 2.45) is 0 Å². The fourth-order valence-corrected chi connectivity index (χ4v) is 4.81. The summed E-state index contributed by atoms with van der Waals surface area (Å²) in [6.45, 7) is 4.26. The fourth-order valence-electron chi connectivity index (χ4n) is 4.81. The second-order valence-electron chi connectivity index (χ2n) is 9.24. The minimum Gasteiger partial charge on any atom is -0.507 e. The van der Waals surface area contributed by atoms with Crippen LogP contribution in [0.25, 0.3) is 16.7 Å². The Hall–Kier alpha value is -4.32. The molecule has 4 aromatic rings. The summed E-state index contributed by atoms with van der Waals surface area (Å²) in [6.07, 6.45) is 2.46. The van der Waals surface area contributed by atoms with Crippen LogP contribution in [0, 0.1) is 13.8 Å². The number of H-pyrrole nitrogens is 1. The van der Waals surface area contributed by atoms with Crippen molar-refractivity contribution in [3.63, 3.8) is 0 Å². The normalized spacial score (nSPS) is 17.2. The van der Waals surface area contributed by atoms with Crippen LogP contribution in [0.2, 0.25) is 0 Å². The zero-order valence-electron chi connectivity index (χ0n) is 20.5. The molecule has 3 aromatic carbocycles. The van der Waals surface area contributed by atoms with Crippen LogP contribution in [0.5, 0.6) is 5.75 Å². The standard InChI is InChI=1S/C30H28N2O4/c1-18-4-8-20(9-5-18)27-26(28(33)21-10-6-19(2)7-11-21)29(34)30(35)32(27)15-14-22-17-31-25-13-12-23(36-3)16-24(22)25/h4-13,16-17,27,31,33H,14-15H2,1-3H3/t27-/m0/s1. The van der Waals surface area contributed by atoms with Gasteiger partial charge in [0.2, 0.25) is 0 Å². The topological polar surface area (TPSA) is 82.6 Å². The summed E-state index contributed by atoms with van der Waals surface area (Å²) in [5.74, 6) is -0.675. The molecule has 0 bridgehead atoms. The number of Topliss-reactive ketones (excluding diaryl/α,β-unsaturated/α-hetero) is 1. The number of benzene rings is 3. The van der Waals surface area contributed by atoms with E-state index in [1.807, 2.05) is 74.6 Å². The van der Waals surface area contributed by atoms with E-state index in [2.05, 4.69) is 4.98 Å². The summed E-state index contributed by atoms with van der Waals surface area (Å²) in [7, 11) is 1.63. The predicted molar refractivity (Wildman–Crippen MR) is 140 cm³/mol. The van der Waals surface area contributed by atoms with Gasteiger partial charge >= 0.3 is 0 Å². The third-order valence-corrected chi connectivity index (χ3v) is 6.85. The van der Waals surface area contributed by atoms with Crippen LogP contribution in [-0.2, 0) is 16.0 Å². The van der Waals surface area contributed by atoms with E-state index < -0.39 is 17.7 Å². The van der Waals surface area contributed by atoms with Crippen molar-refractivity contribution in [2.45, 2.75) is 26.3 Å². The molecule has 1 aliphatic heterocycles. The summed E-state index contributed by atoms with van der Waals surface area (Å²) in [5.41, 5.74) is 5.52. The predicted octanol–water partition coefficient (Wildman–Crippen LogP) is 5.46. The Morgan fingerprint density at radius 3 is 2.31 bits per heavy atom. The van der Waals surface area contributed by atoms with E-state index in [9.17, 15) is 14.7 Å². The lowest BCUT2D eigenvalue weighted by Gasteiger charge is -2.25. The Balaban J connectivity index is 1.55. The van der Waals surface area contributed by atoms with Crippen molar-refractivity contribution in [1.29, 1.82) is 0 Å². The molecule has 5 rings (SSSR count). The van der Waals surface area contributed by atoms with Gasteiger partial charge in [0, 0.05) is 29.2 Å². The monoisotopic (exact) mass is 480 g/mol. The zero-order chi connectivity index (χ0) is 25.4. The molecule has 6 nitrogen and oxygen atoms in total. The van der Waals surface area contributed by atoms with Crippen molar-refractivity contribution in [3.8, 4) is 5.75 Å². The van der Waals surface area contributed by atoms with Crippen molar-refractivity contribution in [3.05, 3.63) is 106 Å². The minimum absolute atomic E-state index is 0.119. The number of ether oxygens (including phenoxy) is 1. The number of nitrogens with zero attached hydrogens (tertiary/aromatic N) is 1. The lowest BCUT2D eigenvalue weighted by molar-refractivity contribution is -0.139. The average Bonchev–Trinajstić information content (AvgIpc) is 3.40. The number of hydrogen-bond donors (Lipinski definition) is 2. The van der Waals surface area contributed by atoms with Crippen molar-refractivity contribution in [1.82, 2.24) is 9.88 Å². The molecule has 0 aliphatic carbocycles. The highest BCUT2D eigenvalue weighted by Gasteiger charge is 2.45. The first kappa shape index (κ1) is 23.4. The number of carbonyl (C=O) groups is 2. The maximum absolute atomic E-state index is 13.3. The number of aliphatic hydroxyl groups excluding tert-OH is 1. The number of fused-ring (bicyclic) bond motifs is 1. The molecule has 0 radical (unpaired) electrons. The van der Waals surface area contributed by atoms with Gasteiger partial charge in [-0.2, -0.15) is 0 Å². The van der Waals surface area contributed by atoms with Gasteiger partial charge in [-0.3, -0.25) is 9.59 Å². The number of rotatable bonds is 6. The Bertz CT molecular complexity index is 1480. The number of hydrogen-bond acceptors (Lipinski definition) is 4. The average molecular weight is 481 g/mol. The molecule has 0 unspecified atom stereocenters. The Labute approximate surface area is 209 Å². The molecule has 6 heteroatoms. The fraction of sp³-hybridized carbons (Fsp3) is 0.200. The molecule has 1 fully saturated rings. The van der Waals surface area contributed by atoms with E-state index in [0.717, 1.165) is 38.9 Å². The van der Waals surface area contributed by atoms with Crippen LogP contribution in [0.1, 0.15) is 33.9 Å². The van der Waals surface area contributed by atoms with Gasteiger partial charge in [0.05, 0.1) is 18.7 Å². The number of carbonyl (C=O) groups excluding carboxylic acids is 2. The van der Waals surface area contributed by atoms with Gasteiger partial charge in [-0.15, -0.1) is 0 Å². The number of ketones is 1. The Morgan fingerprint density at radius 2 is 1.64 bits per heavy atom. The smallest absolute Gasteiger partial charge is 0.295 e. The largest absolute Gasteiger partial charge is 0.507 e. The second kappa shape index (κ2) is 9.38. The maximum atomic E-state index is 13.3. The molecular formula is C30H28N2O4. The SMILES string of the molecule is COc1ccc2[nH]cc(CCN3C(=O)C(=O)C(=C(O)c4ccc(C)cc4)[C@@H]3c3ccc(C)cc3)c2c1. The number of aromatic nitrogens is 1.